The molecule has 1 aromatic carbocycles. The number of rotatable bonds is 3. The van der Waals surface area contributed by atoms with E-state index in [9.17, 15) is 4.79 Å². The summed E-state index contributed by atoms with van der Waals surface area (Å²) < 4.78 is 0. The number of hydrogen-bond donors (Lipinski definition) is 0. The molecule has 0 aliphatic heterocycles. The van der Waals surface area contributed by atoms with E-state index in [-0.39, 0.29) is 0 Å². The minimum atomic E-state index is 0.425. The average molecular weight is 289 g/mol. The predicted octanol–water partition coefficient (Wildman–Crippen LogP) is 4.37. The third kappa shape index (κ3) is 3.17. The van der Waals surface area contributed by atoms with Crippen LogP contribution in [0.4, 0.5) is 5.69 Å². The number of allylic oxidation sites excluding steroid dienone is 3. The minimum absolute atomic E-state index is 0.425. The molecule has 4 heteroatoms. The molecule has 0 heterocycles. The molecule has 0 atom stereocenters. The van der Waals surface area contributed by atoms with Gasteiger partial charge in [-0.1, -0.05) is 29.8 Å². The molecule has 0 aromatic heterocycles. The van der Waals surface area contributed by atoms with Crippen molar-refractivity contribution in [2.24, 2.45) is 4.99 Å². The van der Waals surface area contributed by atoms with E-state index in [2.05, 4.69) is 23.2 Å². The zero-order valence-electron chi connectivity index (χ0n) is 11.6. The summed E-state index contributed by atoms with van der Waals surface area (Å²) in [5.74, 6) is 0.813. The first-order valence-electron chi connectivity index (χ1n) is 6.53. The first kappa shape index (κ1) is 14.5. The van der Waals surface area contributed by atoms with Crippen LogP contribution in [0.1, 0.15) is 30.1 Å². The van der Waals surface area contributed by atoms with Crippen LogP contribution in [0, 0.1) is 0 Å². The van der Waals surface area contributed by atoms with Crippen molar-refractivity contribution >= 4 is 29.4 Å². The fourth-order valence-corrected chi connectivity index (χ4v) is 2.24. The first-order valence-corrected chi connectivity index (χ1v) is 6.90. The van der Waals surface area contributed by atoms with Gasteiger partial charge >= 0.3 is 0 Å². The Morgan fingerprint density at radius 2 is 2.20 bits per heavy atom. The Hall–Kier alpha value is -1.87. The second-order valence-electron chi connectivity index (χ2n) is 4.62. The molecule has 0 spiro atoms. The van der Waals surface area contributed by atoms with Crippen LogP contribution in [-0.2, 0) is 0 Å². The molecule has 104 valence electrons. The summed E-state index contributed by atoms with van der Waals surface area (Å²) in [4.78, 5) is 17.6. The smallest absolute Gasteiger partial charge is 0.153 e. The minimum Gasteiger partial charge on any atom is -0.333 e. The summed E-state index contributed by atoms with van der Waals surface area (Å²) in [6.07, 6.45) is 9.28. The molecule has 0 amide bonds. The lowest BCUT2D eigenvalue weighted by Gasteiger charge is -2.22. The van der Waals surface area contributed by atoms with Crippen molar-refractivity contribution in [1.29, 1.82) is 0 Å². The molecule has 0 unspecified atom stereocenters. The molecule has 3 nitrogen and oxygen atoms in total. The Morgan fingerprint density at radius 1 is 1.40 bits per heavy atom. The maximum Gasteiger partial charge on any atom is 0.153 e. The van der Waals surface area contributed by atoms with Crippen LogP contribution >= 0.6 is 11.6 Å². The zero-order chi connectivity index (χ0) is 14.5. The van der Waals surface area contributed by atoms with Gasteiger partial charge in [-0.25, -0.2) is 4.99 Å². The Labute approximate surface area is 124 Å². The molecule has 20 heavy (non-hydrogen) atoms. The lowest BCUT2D eigenvalue weighted by Crippen LogP contribution is -2.23. The van der Waals surface area contributed by atoms with Crippen molar-refractivity contribution in [2.75, 3.05) is 7.05 Å². The number of aldehydes is 1. The topological polar surface area (TPSA) is 32.7 Å². The van der Waals surface area contributed by atoms with Gasteiger partial charge in [0.25, 0.3) is 0 Å². The fourth-order valence-electron chi connectivity index (χ4n) is 2.02. The van der Waals surface area contributed by atoms with Crippen LogP contribution < -0.4 is 0 Å². The molecule has 0 saturated heterocycles. The number of carbonyl (C=O) groups is 1. The number of halogens is 1. The summed E-state index contributed by atoms with van der Waals surface area (Å²) >= 11 is 6.00. The monoisotopic (exact) mass is 288 g/mol. The molecule has 0 saturated carbocycles. The van der Waals surface area contributed by atoms with Gasteiger partial charge in [-0.05, 0) is 38.0 Å². The molecular formula is C16H17ClN2O. The molecule has 2 rings (SSSR count). The predicted molar refractivity (Wildman–Crippen MR) is 83.8 cm³/mol. The summed E-state index contributed by atoms with van der Waals surface area (Å²) in [5.41, 5.74) is 2.14. The second-order valence-corrected chi connectivity index (χ2v) is 5.02. The lowest BCUT2D eigenvalue weighted by molar-refractivity contribution is 0.112. The van der Waals surface area contributed by atoms with Gasteiger partial charge in [-0.3, -0.25) is 4.79 Å². The van der Waals surface area contributed by atoms with Gasteiger partial charge in [0, 0.05) is 12.7 Å². The summed E-state index contributed by atoms with van der Waals surface area (Å²) in [6.45, 7) is 1.92. The molecule has 0 bridgehead atoms. The van der Waals surface area contributed by atoms with Crippen molar-refractivity contribution in [2.45, 2.75) is 19.8 Å². The molecule has 0 radical (unpaired) electrons. The van der Waals surface area contributed by atoms with Crippen molar-refractivity contribution in [3.63, 3.8) is 0 Å². The van der Waals surface area contributed by atoms with Crippen LogP contribution in [0.15, 0.2) is 47.1 Å². The van der Waals surface area contributed by atoms with Gasteiger partial charge in [0.2, 0.25) is 0 Å². The van der Waals surface area contributed by atoms with Gasteiger partial charge in [0.15, 0.2) is 6.29 Å². The van der Waals surface area contributed by atoms with Gasteiger partial charge in [0.05, 0.1) is 16.3 Å². The molecule has 0 N–H and O–H groups in total. The van der Waals surface area contributed by atoms with Crippen LogP contribution in [-0.4, -0.2) is 24.1 Å². The quantitative estimate of drug-likeness (QED) is 0.470. The van der Waals surface area contributed by atoms with Gasteiger partial charge in [-0.2, -0.15) is 0 Å². The van der Waals surface area contributed by atoms with E-state index in [4.69, 9.17) is 11.6 Å². The summed E-state index contributed by atoms with van der Waals surface area (Å²) in [7, 11) is 1.96. The second kappa shape index (κ2) is 6.53. The Morgan fingerprint density at radius 3 is 2.85 bits per heavy atom. The van der Waals surface area contributed by atoms with Crippen molar-refractivity contribution in [1.82, 2.24) is 4.90 Å². The molecule has 1 aliphatic carbocycles. The van der Waals surface area contributed by atoms with Crippen LogP contribution in [0.3, 0.4) is 0 Å². The highest BCUT2D eigenvalue weighted by atomic mass is 35.5. The molecule has 1 aliphatic rings. The maximum atomic E-state index is 11.1. The standard InChI is InChI=1S/C16H17ClN2O/c1-12(19(2)13-7-4-3-5-8-13)18-16-10-6-9-15(17)14(16)11-20/h4,6-11H,3,5H2,1-2H3/b18-12-. The van der Waals surface area contributed by atoms with E-state index in [0.717, 1.165) is 30.7 Å². The summed E-state index contributed by atoms with van der Waals surface area (Å²) in [5, 5.41) is 0.425. The summed E-state index contributed by atoms with van der Waals surface area (Å²) in [6, 6.07) is 5.27. The number of hydrogen-bond acceptors (Lipinski definition) is 2. The third-order valence-corrected chi connectivity index (χ3v) is 3.61. The van der Waals surface area contributed by atoms with Crippen LogP contribution in [0.25, 0.3) is 0 Å². The highest BCUT2D eigenvalue weighted by Crippen LogP contribution is 2.25. The number of aliphatic imine (C=N–C) groups is 1. The lowest BCUT2D eigenvalue weighted by atomic mass is 10.1. The third-order valence-electron chi connectivity index (χ3n) is 3.28. The van der Waals surface area contributed by atoms with E-state index in [0.29, 0.717) is 16.3 Å². The van der Waals surface area contributed by atoms with Crippen LogP contribution in [0.2, 0.25) is 5.02 Å². The van der Waals surface area contributed by atoms with Crippen molar-refractivity contribution < 1.29 is 4.79 Å². The average Bonchev–Trinajstić information content (AvgIpc) is 2.47. The Kier molecular flexibility index (Phi) is 4.74. The first-order chi connectivity index (χ1) is 9.63. The van der Waals surface area contributed by atoms with Gasteiger partial charge in [-0.15, -0.1) is 0 Å². The largest absolute Gasteiger partial charge is 0.333 e. The molecule has 1 aromatic rings. The SMILES string of the molecule is C/C(=N/c1cccc(Cl)c1C=O)N(C)C1=CCCC=C1. The number of benzene rings is 1. The Balaban J connectivity index is 2.30. The van der Waals surface area contributed by atoms with E-state index < -0.39 is 0 Å². The molecular weight excluding hydrogens is 272 g/mol. The number of likely N-dealkylation sites (N-methyl/N-ethyl adjacent to an activating group) is 1. The van der Waals surface area contributed by atoms with Crippen molar-refractivity contribution in [3.8, 4) is 0 Å². The van der Waals surface area contributed by atoms with E-state index in [1.165, 1.54) is 0 Å². The number of amidine groups is 1. The Bertz CT molecular complexity index is 602. The van der Waals surface area contributed by atoms with Gasteiger partial charge < -0.3 is 4.90 Å². The van der Waals surface area contributed by atoms with E-state index in [1.54, 1.807) is 18.2 Å². The van der Waals surface area contributed by atoms with Crippen LogP contribution in [0.5, 0.6) is 0 Å². The number of nitrogens with zero attached hydrogens (tertiary/aromatic N) is 2. The maximum absolute atomic E-state index is 11.1. The van der Waals surface area contributed by atoms with Gasteiger partial charge in [0.1, 0.15) is 5.84 Å². The molecule has 0 fully saturated rings. The fraction of sp³-hybridized carbons (Fsp3) is 0.250. The normalized spacial score (nSPS) is 14.9. The van der Waals surface area contributed by atoms with Crippen molar-refractivity contribution in [3.05, 3.63) is 52.7 Å². The zero-order valence-corrected chi connectivity index (χ0v) is 12.4. The highest BCUT2D eigenvalue weighted by molar-refractivity contribution is 6.33. The number of carbonyl (C=O) groups excluding carboxylic acids is 1. The van der Waals surface area contributed by atoms with E-state index in [1.807, 2.05) is 18.9 Å². The highest BCUT2D eigenvalue weighted by Gasteiger charge is 2.09. The van der Waals surface area contributed by atoms with E-state index >= 15 is 0 Å².